The van der Waals surface area contributed by atoms with Gasteiger partial charge in [0, 0.05) is 10.9 Å². The Balaban J connectivity index is 2.47. The van der Waals surface area contributed by atoms with Gasteiger partial charge >= 0.3 is 17.9 Å². The van der Waals surface area contributed by atoms with E-state index in [2.05, 4.69) is 4.98 Å². The molecule has 7 heteroatoms. The van der Waals surface area contributed by atoms with E-state index in [1.54, 1.807) is 18.2 Å². The Morgan fingerprint density at radius 1 is 0.767 bits per heavy atom. The molecule has 0 aliphatic rings. The van der Waals surface area contributed by atoms with Crippen LogP contribution < -0.4 is 0 Å². The summed E-state index contributed by atoms with van der Waals surface area (Å²) in [6, 6.07) is 4.96. The van der Waals surface area contributed by atoms with E-state index >= 15 is 0 Å². The Morgan fingerprint density at radius 3 is 1.87 bits per heavy atom. The van der Waals surface area contributed by atoms with Gasteiger partial charge in [-0.05, 0) is 31.4 Å². The molecule has 0 amide bonds. The lowest BCUT2D eigenvalue weighted by molar-refractivity contribution is 0.0449. The van der Waals surface area contributed by atoms with Gasteiger partial charge in [0.25, 0.3) is 0 Å². The number of ether oxygens (including phenoxy) is 3. The number of fused-ring (bicyclic) bond motifs is 1. The van der Waals surface area contributed by atoms with Crippen molar-refractivity contribution in [2.45, 2.75) is 59.3 Å². The van der Waals surface area contributed by atoms with Gasteiger partial charge in [-0.2, -0.15) is 0 Å². The van der Waals surface area contributed by atoms with Gasteiger partial charge < -0.3 is 19.2 Å². The zero-order chi connectivity index (χ0) is 21.9. The predicted octanol–water partition coefficient (Wildman–Crippen LogP) is 5.04. The summed E-state index contributed by atoms with van der Waals surface area (Å²) < 4.78 is 16.0. The number of esters is 3. The minimum atomic E-state index is -0.661. The normalized spacial score (nSPS) is 10.8. The molecule has 2 aromatic rings. The van der Waals surface area contributed by atoms with E-state index in [1.165, 1.54) is 0 Å². The second-order valence-electron chi connectivity index (χ2n) is 7.07. The van der Waals surface area contributed by atoms with E-state index in [0.717, 1.165) is 32.1 Å². The molecular formula is C23H31NO6. The monoisotopic (exact) mass is 417 g/mol. The van der Waals surface area contributed by atoms with Crippen molar-refractivity contribution in [3.63, 3.8) is 0 Å². The molecule has 0 spiro atoms. The van der Waals surface area contributed by atoms with Crippen molar-refractivity contribution in [3.05, 3.63) is 35.0 Å². The predicted molar refractivity (Wildman–Crippen MR) is 114 cm³/mol. The van der Waals surface area contributed by atoms with Gasteiger partial charge in [-0.15, -0.1) is 0 Å². The topological polar surface area (TPSA) is 94.7 Å². The third kappa shape index (κ3) is 5.84. The number of benzene rings is 1. The lowest BCUT2D eigenvalue weighted by atomic mass is 10.0. The van der Waals surface area contributed by atoms with Gasteiger partial charge in [0.15, 0.2) is 0 Å². The minimum Gasteiger partial charge on any atom is -0.462 e. The zero-order valence-electron chi connectivity index (χ0n) is 18.0. The van der Waals surface area contributed by atoms with Crippen molar-refractivity contribution >= 4 is 28.8 Å². The highest BCUT2D eigenvalue weighted by Gasteiger charge is 2.29. The number of unbranched alkanes of at least 4 members (excludes halogenated alkanes) is 3. The first kappa shape index (κ1) is 23.4. The highest BCUT2D eigenvalue weighted by Crippen LogP contribution is 2.28. The lowest BCUT2D eigenvalue weighted by Gasteiger charge is -2.09. The van der Waals surface area contributed by atoms with Gasteiger partial charge in [-0.25, -0.2) is 14.4 Å². The van der Waals surface area contributed by atoms with E-state index in [-0.39, 0.29) is 30.0 Å². The maximum Gasteiger partial charge on any atom is 0.355 e. The third-order valence-electron chi connectivity index (χ3n) is 4.65. The molecule has 0 saturated carbocycles. The number of H-pyrrole nitrogens is 1. The SMILES string of the molecule is CCCCOC(=O)c1[nH]c2cccc(C(=O)OCCCC)c2c1C(=O)OCCCC. The van der Waals surface area contributed by atoms with Crippen LogP contribution in [0.2, 0.25) is 0 Å². The van der Waals surface area contributed by atoms with Crippen LogP contribution in [0.5, 0.6) is 0 Å². The largest absolute Gasteiger partial charge is 0.462 e. The molecule has 1 aromatic heterocycles. The number of nitrogens with one attached hydrogen (secondary N) is 1. The van der Waals surface area contributed by atoms with Crippen molar-refractivity contribution < 1.29 is 28.6 Å². The maximum absolute atomic E-state index is 12.9. The van der Waals surface area contributed by atoms with Crippen molar-refractivity contribution in [1.82, 2.24) is 4.98 Å². The molecule has 0 unspecified atom stereocenters. The van der Waals surface area contributed by atoms with Crippen LogP contribution in [0.3, 0.4) is 0 Å². The van der Waals surface area contributed by atoms with Crippen LogP contribution in [0.15, 0.2) is 18.2 Å². The standard InChI is InChI=1S/C23H31NO6/c1-4-7-13-28-21(25)16-11-10-12-17-18(16)19(22(26)29-14-8-5-2)20(24-17)23(27)30-15-9-6-3/h10-12,24H,4-9,13-15H2,1-3H3. The van der Waals surface area contributed by atoms with Crippen LogP contribution in [-0.4, -0.2) is 42.7 Å². The fourth-order valence-corrected chi connectivity index (χ4v) is 2.93. The van der Waals surface area contributed by atoms with Crippen LogP contribution in [-0.2, 0) is 14.2 Å². The summed E-state index contributed by atoms with van der Waals surface area (Å²) in [5.41, 5.74) is 0.710. The first-order valence-electron chi connectivity index (χ1n) is 10.7. The zero-order valence-corrected chi connectivity index (χ0v) is 18.0. The summed E-state index contributed by atoms with van der Waals surface area (Å²) in [5, 5.41) is 0.322. The molecule has 0 aliphatic carbocycles. The average Bonchev–Trinajstić information content (AvgIpc) is 3.14. The van der Waals surface area contributed by atoms with Crippen molar-refractivity contribution in [3.8, 4) is 0 Å². The summed E-state index contributed by atoms with van der Waals surface area (Å²) in [5.74, 6) is -1.85. The third-order valence-corrected chi connectivity index (χ3v) is 4.65. The number of carbonyl (C=O) groups excluding carboxylic acids is 3. The number of aromatic amines is 1. The fraction of sp³-hybridized carbons (Fsp3) is 0.522. The van der Waals surface area contributed by atoms with Gasteiger partial charge in [-0.1, -0.05) is 46.1 Å². The number of aromatic nitrogens is 1. The maximum atomic E-state index is 12.9. The molecule has 1 aromatic carbocycles. The van der Waals surface area contributed by atoms with Gasteiger partial charge in [-0.3, -0.25) is 0 Å². The Morgan fingerprint density at radius 2 is 1.30 bits per heavy atom. The summed E-state index contributed by atoms with van der Waals surface area (Å²) in [6.07, 6.45) is 4.80. The van der Waals surface area contributed by atoms with Crippen molar-refractivity contribution in [2.75, 3.05) is 19.8 Å². The molecule has 1 N–H and O–H groups in total. The Bertz CT molecular complexity index is 870. The van der Waals surface area contributed by atoms with E-state index < -0.39 is 17.9 Å². The quantitative estimate of drug-likeness (QED) is 0.295. The molecule has 0 aliphatic heterocycles. The molecule has 0 fully saturated rings. The van der Waals surface area contributed by atoms with Crippen molar-refractivity contribution in [1.29, 1.82) is 0 Å². The number of hydrogen-bond donors (Lipinski definition) is 1. The van der Waals surface area contributed by atoms with E-state index in [0.29, 0.717) is 23.9 Å². The Labute approximate surface area is 177 Å². The molecule has 0 radical (unpaired) electrons. The van der Waals surface area contributed by atoms with Crippen LogP contribution in [0.25, 0.3) is 10.9 Å². The highest BCUT2D eigenvalue weighted by atomic mass is 16.5. The second kappa shape index (κ2) is 12.0. The molecule has 164 valence electrons. The van der Waals surface area contributed by atoms with Gasteiger partial charge in [0.05, 0.1) is 25.4 Å². The molecule has 0 bridgehead atoms. The first-order valence-corrected chi connectivity index (χ1v) is 10.7. The Hall–Kier alpha value is -2.83. The molecule has 2 rings (SSSR count). The number of hydrogen-bond acceptors (Lipinski definition) is 6. The van der Waals surface area contributed by atoms with Crippen LogP contribution >= 0.6 is 0 Å². The smallest absolute Gasteiger partial charge is 0.355 e. The van der Waals surface area contributed by atoms with E-state index in [1.807, 2.05) is 20.8 Å². The average molecular weight is 418 g/mol. The minimum absolute atomic E-state index is 0.00332. The molecule has 7 nitrogen and oxygen atoms in total. The lowest BCUT2D eigenvalue weighted by Crippen LogP contribution is -2.15. The number of rotatable bonds is 12. The van der Waals surface area contributed by atoms with Crippen molar-refractivity contribution in [2.24, 2.45) is 0 Å². The van der Waals surface area contributed by atoms with Gasteiger partial charge in [0.2, 0.25) is 0 Å². The number of carbonyl (C=O) groups is 3. The van der Waals surface area contributed by atoms with E-state index in [4.69, 9.17) is 14.2 Å². The van der Waals surface area contributed by atoms with Crippen LogP contribution in [0.1, 0.15) is 90.5 Å². The summed E-state index contributed by atoms with van der Waals surface area (Å²) in [6.45, 7) is 6.75. The molecule has 1 heterocycles. The Kier molecular flexibility index (Phi) is 9.38. The molecule has 30 heavy (non-hydrogen) atoms. The summed E-state index contributed by atoms with van der Waals surface area (Å²) in [4.78, 5) is 41.1. The van der Waals surface area contributed by atoms with E-state index in [9.17, 15) is 14.4 Å². The highest BCUT2D eigenvalue weighted by molar-refractivity contribution is 6.18. The molecule has 0 atom stereocenters. The summed E-state index contributed by atoms with van der Waals surface area (Å²) >= 11 is 0. The first-order chi connectivity index (χ1) is 14.5. The molecular weight excluding hydrogens is 386 g/mol. The molecule has 0 saturated heterocycles. The summed E-state index contributed by atoms with van der Waals surface area (Å²) in [7, 11) is 0. The fourth-order valence-electron chi connectivity index (χ4n) is 2.93. The van der Waals surface area contributed by atoms with Gasteiger partial charge in [0.1, 0.15) is 11.3 Å². The van der Waals surface area contributed by atoms with Crippen LogP contribution in [0.4, 0.5) is 0 Å². The second-order valence-corrected chi connectivity index (χ2v) is 7.07. The van der Waals surface area contributed by atoms with Crippen LogP contribution in [0, 0.1) is 0 Å².